The van der Waals surface area contributed by atoms with Crippen molar-refractivity contribution in [1.29, 1.82) is 0 Å². The molecule has 0 aliphatic heterocycles. The Hall–Kier alpha value is -4.01. The molecule has 8 heteroatoms. The third kappa shape index (κ3) is 4.29. The molecule has 0 atom stereocenters. The van der Waals surface area contributed by atoms with Gasteiger partial charge in [-0.2, -0.15) is 0 Å². The summed E-state index contributed by atoms with van der Waals surface area (Å²) in [6.45, 7) is 0.433. The van der Waals surface area contributed by atoms with Crippen molar-refractivity contribution in [3.05, 3.63) is 94.0 Å². The van der Waals surface area contributed by atoms with Crippen LogP contribution in [0.4, 0.5) is 5.69 Å². The molecule has 0 unspecified atom stereocenters. The van der Waals surface area contributed by atoms with E-state index in [1.807, 2.05) is 0 Å². The average Bonchev–Trinajstić information content (AvgIpc) is 2.87. The standard InChI is InChI=1S/C27H23BN2O5/c31-27(21-12-14-23(28(32)33)24(16-21)30(34)35)29-15-2-1-4-17-7-8-20-10-9-18-5-3-6-19-11-13-22(17)26(20)25(18)19/h3,5-14,16,32-33H,1-2,4,15H2,(H,29,31). The fourth-order valence-corrected chi connectivity index (χ4v) is 4.82. The van der Waals surface area contributed by atoms with Crippen LogP contribution in [0.5, 0.6) is 0 Å². The Morgan fingerprint density at radius 1 is 0.886 bits per heavy atom. The highest BCUT2D eigenvalue weighted by Crippen LogP contribution is 2.36. The summed E-state index contributed by atoms with van der Waals surface area (Å²) < 4.78 is 0. The molecule has 0 aromatic heterocycles. The molecule has 35 heavy (non-hydrogen) atoms. The van der Waals surface area contributed by atoms with Crippen molar-refractivity contribution < 1.29 is 19.8 Å². The Labute approximate surface area is 201 Å². The second-order valence-corrected chi connectivity index (χ2v) is 8.70. The van der Waals surface area contributed by atoms with Gasteiger partial charge in [0.1, 0.15) is 0 Å². The monoisotopic (exact) mass is 466 g/mol. The van der Waals surface area contributed by atoms with Crippen LogP contribution in [0.3, 0.4) is 0 Å². The van der Waals surface area contributed by atoms with Crippen LogP contribution in [0.15, 0.2) is 72.8 Å². The number of rotatable bonds is 8. The molecule has 0 spiro atoms. The van der Waals surface area contributed by atoms with Gasteiger partial charge in [0, 0.05) is 18.2 Å². The van der Waals surface area contributed by atoms with Crippen molar-refractivity contribution >= 4 is 56.5 Å². The van der Waals surface area contributed by atoms with Crippen molar-refractivity contribution in [3.8, 4) is 0 Å². The quantitative estimate of drug-likeness (QED) is 0.106. The highest BCUT2D eigenvalue weighted by atomic mass is 16.6. The first-order valence-electron chi connectivity index (χ1n) is 11.5. The van der Waals surface area contributed by atoms with Crippen LogP contribution in [-0.2, 0) is 6.42 Å². The van der Waals surface area contributed by atoms with Gasteiger partial charge in [-0.1, -0.05) is 60.7 Å². The van der Waals surface area contributed by atoms with Gasteiger partial charge in [-0.15, -0.1) is 0 Å². The summed E-state index contributed by atoms with van der Waals surface area (Å²) in [7, 11) is -1.98. The molecule has 1 amide bonds. The van der Waals surface area contributed by atoms with E-state index in [1.54, 1.807) is 0 Å². The van der Waals surface area contributed by atoms with Crippen molar-refractivity contribution in [3.63, 3.8) is 0 Å². The topological polar surface area (TPSA) is 113 Å². The number of nitro benzene ring substituents is 1. The largest absolute Gasteiger partial charge is 0.495 e. The number of carbonyl (C=O) groups excluding carboxylic acids is 1. The van der Waals surface area contributed by atoms with Crippen molar-refractivity contribution in [2.45, 2.75) is 19.3 Å². The van der Waals surface area contributed by atoms with Crippen molar-refractivity contribution in [2.24, 2.45) is 0 Å². The summed E-state index contributed by atoms with van der Waals surface area (Å²) >= 11 is 0. The number of unbranched alkanes of at least 4 members (excludes halogenated alkanes) is 1. The fourth-order valence-electron chi connectivity index (χ4n) is 4.82. The van der Waals surface area contributed by atoms with Crippen LogP contribution >= 0.6 is 0 Å². The molecule has 0 aliphatic carbocycles. The van der Waals surface area contributed by atoms with Crippen LogP contribution < -0.4 is 10.8 Å². The molecule has 5 aromatic carbocycles. The van der Waals surface area contributed by atoms with E-state index in [4.69, 9.17) is 0 Å². The molecule has 0 aliphatic rings. The fraction of sp³-hybridized carbons (Fsp3) is 0.148. The Kier molecular flexibility index (Phi) is 6.07. The predicted octanol–water partition coefficient (Wildman–Crippen LogP) is 3.92. The molecule has 7 nitrogen and oxygen atoms in total. The molecular weight excluding hydrogens is 443 g/mol. The number of amides is 1. The number of hydrogen-bond donors (Lipinski definition) is 3. The van der Waals surface area contributed by atoms with E-state index in [0.717, 1.165) is 25.3 Å². The van der Waals surface area contributed by atoms with E-state index in [-0.39, 0.29) is 11.0 Å². The van der Waals surface area contributed by atoms with Gasteiger partial charge < -0.3 is 15.4 Å². The molecular formula is C27H23BN2O5. The number of hydrogen-bond acceptors (Lipinski definition) is 5. The Balaban J connectivity index is 1.24. The molecule has 0 bridgehead atoms. The van der Waals surface area contributed by atoms with E-state index < -0.39 is 23.6 Å². The summed E-state index contributed by atoms with van der Waals surface area (Å²) in [4.78, 5) is 22.9. The lowest BCUT2D eigenvalue weighted by Crippen LogP contribution is -2.33. The van der Waals surface area contributed by atoms with Crippen LogP contribution in [0.1, 0.15) is 28.8 Å². The van der Waals surface area contributed by atoms with Gasteiger partial charge in [-0.3, -0.25) is 14.9 Å². The first-order valence-corrected chi connectivity index (χ1v) is 11.5. The lowest BCUT2D eigenvalue weighted by molar-refractivity contribution is -0.383. The minimum atomic E-state index is -1.98. The second kappa shape index (κ2) is 9.33. The minimum absolute atomic E-state index is 0.105. The SMILES string of the molecule is O=C(NCCCCc1ccc2ccc3cccc4ccc1c2c34)c1ccc(B(O)O)c([N+](=O)[O-])c1. The van der Waals surface area contributed by atoms with Crippen LogP contribution in [-0.4, -0.2) is 34.5 Å². The van der Waals surface area contributed by atoms with Crippen LogP contribution in [0.25, 0.3) is 32.3 Å². The first-order chi connectivity index (χ1) is 16.9. The molecule has 5 rings (SSSR count). The summed E-state index contributed by atoms with van der Waals surface area (Å²) in [6.07, 6.45) is 2.50. The zero-order chi connectivity index (χ0) is 24.5. The minimum Gasteiger partial charge on any atom is -0.423 e. The highest BCUT2D eigenvalue weighted by molar-refractivity contribution is 6.60. The highest BCUT2D eigenvalue weighted by Gasteiger charge is 2.25. The predicted molar refractivity (Wildman–Crippen MR) is 138 cm³/mol. The van der Waals surface area contributed by atoms with Crippen LogP contribution in [0, 0.1) is 10.1 Å². The van der Waals surface area contributed by atoms with Gasteiger partial charge in [0.15, 0.2) is 0 Å². The van der Waals surface area contributed by atoms with E-state index >= 15 is 0 Å². The average molecular weight is 466 g/mol. The van der Waals surface area contributed by atoms with Gasteiger partial charge in [-0.25, -0.2) is 0 Å². The Morgan fingerprint density at radius 3 is 2.29 bits per heavy atom. The van der Waals surface area contributed by atoms with Gasteiger partial charge >= 0.3 is 7.12 Å². The molecule has 0 radical (unpaired) electrons. The summed E-state index contributed by atoms with van der Waals surface area (Å²) in [5, 5.41) is 40.1. The third-order valence-corrected chi connectivity index (χ3v) is 6.54. The van der Waals surface area contributed by atoms with Crippen molar-refractivity contribution in [2.75, 3.05) is 6.54 Å². The van der Waals surface area contributed by atoms with Crippen molar-refractivity contribution in [1.82, 2.24) is 5.32 Å². The molecule has 3 N–H and O–H groups in total. The maximum atomic E-state index is 12.4. The number of aryl methyl sites for hydroxylation is 1. The van der Waals surface area contributed by atoms with E-state index in [0.29, 0.717) is 6.54 Å². The first kappa shape index (κ1) is 22.8. The Bertz CT molecular complexity index is 1550. The molecule has 5 aromatic rings. The maximum Gasteiger partial charge on any atom is 0.495 e. The zero-order valence-electron chi connectivity index (χ0n) is 18.9. The third-order valence-electron chi connectivity index (χ3n) is 6.54. The molecule has 174 valence electrons. The second-order valence-electron chi connectivity index (χ2n) is 8.70. The lowest BCUT2D eigenvalue weighted by Gasteiger charge is -2.14. The number of nitrogens with one attached hydrogen (secondary N) is 1. The molecule has 0 heterocycles. The van der Waals surface area contributed by atoms with Gasteiger partial charge in [0.05, 0.1) is 10.4 Å². The van der Waals surface area contributed by atoms with Gasteiger partial charge in [0.25, 0.3) is 11.6 Å². The number of nitro groups is 1. The number of nitrogens with zero attached hydrogens (tertiary/aromatic N) is 1. The normalized spacial score (nSPS) is 11.4. The molecule has 0 saturated heterocycles. The summed E-state index contributed by atoms with van der Waals surface area (Å²) in [5.74, 6) is -0.435. The van der Waals surface area contributed by atoms with E-state index in [1.165, 1.54) is 50.0 Å². The van der Waals surface area contributed by atoms with Gasteiger partial charge in [-0.05, 0) is 63.2 Å². The van der Waals surface area contributed by atoms with Gasteiger partial charge in [0.2, 0.25) is 0 Å². The summed E-state index contributed by atoms with van der Waals surface area (Å²) in [6, 6.07) is 23.0. The zero-order valence-corrected chi connectivity index (χ0v) is 18.9. The summed E-state index contributed by atoms with van der Waals surface area (Å²) in [5.41, 5.74) is 0.630. The number of benzene rings is 5. The smallest absolute Gasteiger partial charge is 0.423 e. The van der Waals surface area contributed by atoms with E-state index in [2.05, 4.69) is 59.9 Å². The lowest BCUT2D eigenvalue weighted by atomic mass is 9.78. The van der Waals surface area contributed by atoms with E-state index in [9.17, 15) is 25.0 Å². The van der Waals surface area contributed by atoms with Crippen LogP contribution in [0.2, 0.25) is 0 Å². The number of carbonyl (C=O) groups is 1. The molecule has 0 saturated carbocycles. The maximum absolute atomic E-state index is 12.4. The molecule has 0 fully saturated rings. The Morgan fingerprint density at radius 2 is 1.57 bits per heavy atom.